The standard InChI is InChI=1S/C17H24N2O4/c1-4-19(7-8-20)12-5-6-13-14(9-12)18-15(21)17(13)10-22-16(2,3)23-11-17/h5-6,9,20H,4,7-8,10-11H2,1-3H3,(H,18,21). The van der Waals surface area contributed by atoms with Gasteiger partial charge in [-0.2, -0.15) is 0 Å². The minimum Gasteiger partial charge on any atom is -0.395 e. The van der Waals surface area contributed by atoms with Crippen molar-refractivity contribution >= 4 is 17.3 Å². The van der Waals surface area contributed by atoms with E-state index < -0.39 is 11.2 Å². The minimum absolute atomic E-state index is 0.0784. The summed E-state index contributed by atoms with van der Waals surface area (Å²) in [7, 11) is 0. The number of likely N-dealkylation sites (N-methyl/N-ethyl adjacent to an activating group) is 1. The van der Waals surface area contributed by atoms with Gasteiger partial charge in [0.05, 0.1) is 19.8 Å². The Labute approximate surface area is 136 Å². The Morgan fingerprint density at radius 1 is 1.30 bits per heavy atom. The number of hydrogen-bond donors (Lipinski definition) is 2. The topological polar surface area (TPSA) is 71.0 Å². The lowest BCUT2D eigenvalue weighted by atomic mass is 9.82. The van der Waals surface area contributed by atoms with Gasteiger partial charge >= 0.3 is 0 Å². The fraction of sp³-hybridized carbons (Fsp3) is 0.588. The van der Waals surface area contributed by atoms with E-state index in [9.17, 15) is 4.79 Å². The maximum Gasteiger partial charge on any atom is 0.239 e. The molecule has 1 aromatic rings. The normalized spacial score (nSPS) is 21.1. The molecule has 3 rings (SSSR count). The van der Waals surface area contributed by atoms with Gasteiger partial charge in [-0.15, -0.1) is 0 Å². The van der Waals surface area contributed by atoms with Gasteiger partial charge in [-0.3, -0.25) is 4.79 Å². The molecule has 2 aliphatic heterocycles. The van der Waals surface area contributed by atoms with Crippen molar-refractivity contribution < 1.29 is 19.4 Å². The summed E-state index contributed by atoms with van der Waals surface area (Å²) < 4.78 is 11.5. The highest BCUT2D eigenvalue weighted by molar-refractivity contribution is 6.07. The van der Waals surface area contributed by atoms with Crippen molar-refractivity contribution in [3.63, 3.8) is 0 Å². The molecule has 0 atom stereocenters. The Bertz CT molecular complexity index is 605. The van der Waals surface area contributed by atoms with Crippen molar-refractivity contribution in [3.05, 3.63) is 23.8 Å². The Morgan fingerprint density at radius 3 is 2.61 bits per heavy atom. The van der Waals surface area contributed by atoms with E-state index in [4.69, 9.17) is 14.6 Å². The summed E-state index contributed by atoms with van der Waals surface area (Å²) in [5.41, 5.74) is 1.94. The SMILES string of the molecule is CCN(CCO)c1ccc2c(c1)NC(=O)C21COC(C)(C)OC1. The van der Waals surface area contributed by atoms with Crippen molar-refractivity contribution in [2.45, 2.75) is 32.0 Å². The number of aliphatic hydroxyl groups excluding tert-OH is 1. The lowest BCUT2D eigenvalue weighted by Crippen LogP contribution is -2.52. The predicted molar refractivity (Wildman–Crippen MR) is 87.7 cm³/mol. The summed E-state index contributed by atoms with van der Waals surface area (Å²) in [5.74, 6) is -0.737. The summed E-state index contributed by atoms with van der Waals surface area (Å²) >= 11 is 0. The monoisotopic (exact) mass is 320 g/mol. The minimum atomic E-state index is -0.766. The first kappa shape index (κ1) is 16.2. The van der Waals surface area contributed by atoms with Gasteiger partial charge in [0.1, 0.15) is 5.41 Å². The van der Waals surface area contributed by atoms with E-state index in [-0.39, 0.29) is 12.5 Å². The van der Waals surface area contributed by atoms with Crippen LogP contribution in [0.3, 0.4) is 0 Å². The molecule has 1 fully saturated rings. The molecule has 126 valence electrons. The molecule has 0 aliphatic carbocycles. The average molecular weight is 320 g/mol. The highest BCUT2D eigenvalue weighted by Gasteiger charge is 2.52. The van der Waals surface area contributed by atoms with Crippen molar-refractivity contribution in [2.75, 3.05) is 43.1 Å². The zero-order chi connectivity index (χ0) is 16.7. The second kappa shape index (κ2) is 5.78. The van der Waals surface area contributed by atoms with Gasteiger partial charge in [-0.1, -0.05) is 6.07 Å². The van der Waals surface area contributed by atoms with Crippen LogP contribution in [-0.4, -0.2) is 49.7 Å². The van der Waals surface area contributed by atoms with Crippen LogP contribution in [0.5, 0.6) is 0 Å². The molecule has 2 heterocycles. The molecule has 1 amide bonds. The molecule has 6 heteroatoms. The van der Waals surface area contributed by atoms with Gasteiger partial charge in [-0.05, 0) is 38.5 Å². The van der Waals surface area contributed by atoms with Crippen LogP contribution in [0.25, 0.3) is 0 Å². The smallest absolute Gasteiger partial charge is 0.239 e. The maximum absolute atomic E-state index is 12.6. The van der Waals surface area contributed by atoms with Crippen molar-refractivity contribution in [1.82, 2.24) is 0 Å². The number of ether oxygens (including phenoxy) is 2. The van der Waals surface area contributed by atoms with E-state index in [2.05, 4.69) is 10.2 Å². The van der Waals surface area contributed by atoms with E-state index in [1.165, 1.54) is 0 Å². The van der Waals surface area contributed by atoms with Gasteiger partial charge in [0, 0.05) is 24.5 Å². The van der Waals surface area contributed by atoms with Gasteiger partial charge in [0.15, 0.2) is 5.79 Å². The molecule has 0 bridgehead atoms. The summed E-state index contributed by atoms with van der Waals surface area (Å²) in [6, 6.07) is 5.91. The zero-order valence-electron chi connectivity index (χ0n) is 13.9. The van der Waals surface area contributed by atoms with Gasteiger partial charge < -0.3 is 24.8 Å². The van der Waals surface area contributed by atoms with Crippen LogP contribution in [0.2, 0.25) is 0 Å². The molecular formula is C17H24N2O4. The number of nitrogens with one attached hydrogen (secondary N) is 1. The third kappa shape index (κ3) is 2.71. The summed E-state index contributed by atoms with van der Waals surface area (Å²) in [4.78, 5) is 14.6. The largest absolute Gasteiger partial charge is 0.395 e. The van der Waals surface area contributed by atoms with Crippen LogP contribution >= 0.6 is 0 Å². The summed E-state index contributed by atoms with van der Waals surface area (Å²) in [5, 5.41) is 12.1. The highest BCUT2D eigenvalue weighted by Crippen LogP contribution is 2.43. The number of hydrogen-bond acceptors (Lipinski definition) is 5. The first-order chi connectivity index (χ1) is 10.9. The molecule has 2 N–H and O–H groups in total. The number of aliphatic hydroxyl groups is 1. The van der Waals surface area contributed by atoms with E-state index in [1.807, 2.05) is 39.0 Å². The lowest BCUT2D eigenvalue weighted by molar-refractivity contribution is -0.264. The molecular weight excluding hydrogens is 296 g/mol. The molecule has 0 saturated carbocycles. The predicted octanol–water partition coefficient (Wildman–Crippen LogP) is 1.48. The van der Waals surface area contributed by atoms with E-state index >= 15 is 0 Å². The molecule has 1 aromatic carbocycles. The van der Waals surface area contributed by atoms with Crippen LogP contribution in [0, 0.1) is 0 Å². The number of nitrogens with zero attached hydrogens (tertiary/aromatic N) is 1. The second-order valence-corrected chi connectivity index (χ2v) is 6.55. The van der Waals surface area contributed by atoms with Crippen molar-refractivity contribution in [3.8, 4) is 0 Å². The third-order valence-corrected chi connectivity index (χ3v) is 4.65. The van der Waals surface area contributed by atoms with E-state index in [0.717, 1.165) is 23.5 Å². The number of amides is 1. The molecule has 0 radical (unpaired) electrons. The Balaban J connectivity index is 1.92. The number of anilines is 2. The van der Waals surface area contributed by atoms with Crippen molar-refractivity contribution in [2.24, 2.45) is 0 Å². The molecule has 2 aliphatic rings. The van der Waals surface area contributed by atoms with E-state index in [1.54, 1.807) is 0 Å². The average Bonchev–Trinajstić information content (AvgIpc) is 2.79. The number of carbonyl (C=O) groups excluding carboxylic acids is 1. The number of fused-ring (bicyclic) bond motifs is 2. The number of benzene rings is 1. The van der Waals surface area contributed by atoms with Gasteiger partial charge in [-0.25, -0.2) is 0 Å². The molecule has 6 nitrogen and oxygen atoms in total. The van der Waals surface area contributed by atoms with Crippen LogP contribution in [-0.2, 0) is 19.7 Å². The fourth-order valence-electron chi connectivity index (χ4n) is 3.17. The molecule has 1 spiro atoms. The molecule has 0 unspecified atom stereocenters. The number of carbonyl (C=O) groups is 1. The summed E-state index contributed by atoms with van der Waals surface area (Å²) in [6.45, 7) is 7.81. The molecule has 1 saturated heterocycles. The zero-order valence-corrected chi connectivity index (χ0v) is 13.9. The Kier molecular flexibility index (Phi) is 4.08. The fourth-order valence-corrected chi connectivity index (χ4v) is 3.17. The van der Waals surface area contributed by atoms with Crippen LogP contribution in [0.15, 0.2) is 18.2 Å². The summed E-state index contributed by atoms with van der Waals surface area (Å²) in [6.07, 6.45) is 0. The Morgan fingerprint density at radius 2 is 2.00 bits per heavy atom. The van der Waals surface area contributed by atoms with E-state index in [0.29, 0.717) is 19.8 Å². The number of rotatable bonds is 4. The third-order valence-electron chi connectivity index (χ3n) is 4.65. The van der Waals surface area contributed by atoms with Crippen LogP contribution < -0.4 is 10.2 Å². The van der Waals surface area contributed by atoms with Crippen molar-refractivity contribution in [1.29, 1.82) is 0 Å². The molecule has 0 aromatic heterocycles. The van der Waals surface area contributed by atoms with Crippen LogP contribution in [0.1, 0.15) is 26.3 Å². The maximum atomic E-state index is 12.6. The Hall–Kier alpha value is -1.63. The van der Waals surface area contributed by atoms with Gasteiger partial charge in [0.2, 0.25) is 5.91 Å². The quantitative estimate of drug-likeness (QED) is 0.879. The molecule has 23 heavy (non-hydrogen) atoms. The second-order valence-electron chi connectivity index (χ2n) is 6.55. The highest BCUT2D eigenvalue weighted by atomic mass is 16.7. The first-order valence-electron chi connectivity index (χ1n) is 8.01. The first-order valence-corrected chi connectivity index (χ1v) is 8.01. The van der Waals surface area contributed by atoms with Gasteiger partial charge in [0.25, 0.3) is 0 Å². The van der Waals surface area contributed by atoms with Crippen LogP contribution in [0.4, 0.5) is 11.4 Å². The lowest BCUT2D eigenvalue weighted by Gasteiger charge is -2.40.